The van der Waals surface area contributed by atoms with E-state index in [1.54, 1.807) is 12.1 Å². The first-order valence-electron chi connectivity index (χ1n) is 4.54. The molecular weight excluding hydrogens is 219 g/mol. The Hall–Kier alpha value is -0.530. The summed E-state index contributed by atoms with van der Waals surface area (Å²) >= 11 is 11.6. The Labute approximate surface area is 94.0 Å². The van der Waals surface area contributed by atoms with Crippen LogP contribution in [0.1, 0.15) is 31.7 Å². The predicted molar refractivity (Wildman–Crippen MR) is 60.2 cm³/mol. The van der Waals surface area contributed by atoms with Crippen LogP contribution in [0.3, 0.4) is 0 Å². The van der Waals surface area contributed by atoms with Gasteiger partial charge in [0.25, 0.3) is 0 Å². The normalized spacial score (nSPS) is 12.6. The van der Waals surface area contributed by atoms with Gasteiger partial charge in [0.1, 0.15) is 5.78 Å². The minimum absolute atomic E-state index is 0.102. The molecule has 0 fully saturated rings. The molecule has 1 unspecified atom stereocenters. The van der Waals surface area contributed by atoms with Gasteiger partial charge in [0, 0.05) is 12.3 Å². The zero-order chi connectivity index (χ0) is 10.7. The molecule has 0 aliphatic carbocycles. The number of carbonyl (C=O) groups is 1. The van der Waals surface area contributed by atoms with Crippen LogP contribution in [0, 0.1) is 0 Å². The summed E-state index contributed by atoms with van der Waals surface area (Å²) in [7, 11) is 0. The molecular formula is C11H12Cl2O. The first-order chi connectivity index (χ1) is 6.56. The van der Waals surface area contributed by atoms with E-state index in [1.807, 2.05) is 19.9 Å². The van der Waals surface area contributed by atoms with Crippen LogP contribution in [-0.4, -0.2) is 5.78 Å². The summed E-state index contributed by atoms with van der Waals surface area (Å²) in [6.07, 6.45) is 0.543. The largest absolute Gasteiger partial charge is 0.299 e. The lowest BCUT2D eigenvalue weighted by Crippen LogP contribution is -2.07. The van der Waals surface area contributed by atoms with Gasteiger partial charge < -0.3 is 0 Å². The highest BCUT2D eigenvalue weighted by atomic mass is 35.5. The topological polar surface area (TPSA) is 17.1 Å². The third kappa shape index (κ3) is 2.49. The van der Waals surface area contributed by atoms with Crippen LogP contribution in [0.5, 0.6) is 0 Å². The maximum Gasteiger partial charge on any atom is 0.139 e. The number of ketones is 1. The molecule has 0 aromatic heterocycles. The van der Waals surface area contributed by atoms with Crippen LogP contribution in [0.15, 0.2) is 18.2 Å². The Morgan fingerprint density at radius 3 is 2.50 bits per heavy atom. The van der Waals surface area contributed by atoms with E-state index in [-0.39, 0.29) is 11.7 Å². The lowest BCUT2D eigenvalue weighted by molar-refractivity contribution is -0.119. The van der Waals surface area contributed by atoms with Crippen LogP contribution in [-0.2, 0) is 4.79 Å². The van der Waals surface area contributed by atoms with E-state index >= 15 is 0 Å². The standard InChI is InChI=1S/C11H12Cl2O/c1-3-11(14)7(2)8-4-5-9(12)10(13)6-8/h4-7H,3H2,1-2H3. The number of Topliss-reactive ketones (excluding diaryl/α,β-unsaturated/α-hetero) is 1. The van der Waals surface area contributed by atoms with Crippen molar-refractivity contribution in [3.05, 3.63) is 33.8 Å². The fraction of sp³-hybridized carbons (Fsp3) is 0.364. The average molecular weight is 231 g/mol. The van der Waals surface area contributed by atoms with Gasteiger partial charge in [0.2, 0.25) is 0 Å². The summed E-state index contributed by atoms with van der Waals surface area (Å²) in [5.41, 5.74) is 0.922. The van der Waals surface area contributed by atoms with Gasteiger partial charge >= 0.3 is 0 Å². The first kappa shape index (κ1) is 11.5. The number of halogens is 2. The van der Waals surface area contributed by atoms with Crippen LogP contribution >= 0.6 is 23.2 Å². The molecule has 0 aliphatic heterocycles. The van der Waals surface area contributed by atoms with E-state index in [2.05, 4.69) is 0 Å². The highest BCUT2D eigenvalue weighted by Gasteiger charge is 2.13. The van der Waals surface area contributed by atoms with Gasteiger partial charge in [-0.25, -0.2) is 0 Å². The first-order valence-corrected chi connectivity index (χ1v) is 5.29. The third-order valence-electron chi connectivity index (χ3n) is 2.28. The van der Waals surface area contributed by atoms with Crippen molar-refractivity contribution in [2.75, 3.05) is 0 Å². The van der Waals surface area contributed by atoms with Crippen LogP contribution in [0.25, 0.3) is 0 Å². The highest BCUT2D eigenvalue weighted by Crippen LogP contribution is 2.27. The Morgan fingerprint density at radius 2 is 2.00 bits per heavy atom. The van der Waals surface area contributed by atoms with E-state index in [0.29, 0.717) is 16.5 Å². The van der Waals surface area contributed by atoms with E-state index in [1.165, 1.54) is 0 Å². The monoisotopic (exact) mass is 230 g/mol. The number of benzene rings is 1. The number of carbonyl (C=O) groups excluding carboxylic acids is 1. The fourth-order valence-corrected chi connectivity index (χ4v) is 1.58. The summed E-state index contributed by atoms with van der Waals surface area (Å²) in [5, 5.41) is 1.02. The van der Waals surface area contributed by atoms with Crippen LogP contribution in [0.2, 0.25) is 10.0 Å². The summed E-state index contributed by atoms with van der Waals surface area (Å²) in [5.74, 6) is 0.109. The molecule has 1 rings (SSSR count). The molecule has 0 amide bonds. The number of hydrogen-bond donors (Lipinski definition) is 0. The molecule has 0 bridgehead atoms. The van der Waals surface area contributed by atoms with Crippen molar-refractivity contribution in [3.8, 4) is 0 Å². The zero-order valence-corrected chi connectivity index (χ0v) is 9.69. The lowest BCUT2D eigenvalue weighted by Gasteiger charge is -2.10. The molecule has 0 saturated carbocycles. The van der Waals surface area contributed by atoms with Gasteiger partial charge in [-0.2, -0.15) is 0 Å². The maximum atomic E-state index is 11.4. The summed E-state index contributed by atoms with van der Waals surface area (Å²) in [4.78, 5) is 11.4. The van der Waals surface area contributed by atoms with Crippen molar-refractivity contribution in [3.63, 3.8) is 0 Å². The van der Waals surface area contributed by atoms with E-state index in [4.69, 9.17) is 23.2 Å². The van der Waals surface area contributed by atoms with Crippen molar-refractivity contribution in [2.45, 2.75) is 26.2 Å². The van der Waals surface area contributed by atoms with Crippen molar-refractivity contribution >= 4 is 29.0 Å². The Kier molecular flexibility index (Phi) is 3.97. The van der Waals surface area contributed by atoms with Gasteiger partial charge in [0.15, 0.2) is 0 Å². The summed E-state index contributed by atoms with van der Waals surface area (Å²) in [6, 6.07) is 5.31. The van der Waals surface area contributed by atoms with E-state index in [0.717, 1.165) is 5.56 Å². The van der Waals surface area contributed by atoms with Crippen LogP contribution < -0.4 is 0 Å². The molecule has 14 heavy (non-hydrogen) atoms. The van der Waals surface area contributed by atoms with Gasteiger partial charge in [-0.05, 0) is 17.7 Å². The molecule has 0 saturated heterocycles. The van der Waals surface area contributed by atoms with Gasteiger partial charge in [-0.1, -0.05) is 43.1 Å². The molecule has 1 aromatic rings. The third-order valence-corrected chi connectivity index (χ3v) is 3.01. The smallest absolute Gasteiger partial charge is 0.139 e. The number of hydrogen-bond acceptors (Lipinski definition) is 1. The van der Waals surface area contributed by atoms with E-state index < -0.39 is 0 Å². The Morgan fingerprint density at radius 1 is 1.36 bits per heavy atom. The molecule has 76 valence electrons. The Balaban J connectivity index is 2.96. The zero-order valence-electron chi connectivity index (χ0n) is 8.18. The molecule has 0 N–H and O–H groups in total. The number of rotatable bonds is 3. The van der Waals surface area contributed by atoms with Gasteiger partial charge in [0.05, 0.1) is 10.0 Å². The molecule has 0 spiro atoms. The quantitative estimate of drug-likeness (QED) is 0.766. The Bertz CT molecular complexity index is 347. The minimum atomic E-state index is -0.102. The second kappa shape index (κ2) is 4.81. The van der Waals surface area contributed by atoms with Crippen LogP contribution in [0.4, 0.5) is 0 Å². The van der Waals surface area contributed by atoms with Gasteiger partial charge in [-0.3, -0.25) is 4.79 Å². The molecule has 0 aliphatic rings. The SMILES string of the molecule is CCC(=O)C(C)c1ccc(Cl)c(Cl)c1. The average Bonchev–Trinajstić information content (AvgIpc) is 2.20. The highest BCUT2D eigenvalue weighted by molar-refractivity contribution is 6.42. The summed E-state index contributed by atoms with van der Waals surface area (Å²) < 4.78 is 0. The van der Waals surface area contributed by atoms with Gasteiger partial charge in [-0.15, -0.1) is 0 Å². The van der Waals surface area contributed by atoms with Crippen molar-refractivity contribution < 1.29 is 4.79 Å². The molecule has 0 radical (unpaired) electrons. The molecule has 1 nitrogen and oxygen atoms in total. The summed E-state index contributed by atoms with van der Waals surface area (Å²) in [6.45, 7) is 3.74. The molecule has 0 heterocycles. The van der Waals surface area contributed by atoms with Crippen molar-refractivity contribution in [1.82, 2.24) is 0 Å². The molecule has 3 heteroatoms. The van der Waals surface area contributed by atoms with E-state index in [9.17, 15) is 4.79 Å². The molecule has 1 aromatic carbocycles. The maximum absolute atomic E-state index is 11.4. The van der Waals surface area contributed by atoms with Crippen molar-refractivity contribution in [1.29, 1.82) is 0 Å². The second-order valence-corrected chi connectivity index (χ2v) is 4.03. The predicted octanol–water partition coefficient (Wildman–Crippen LogP) is 4.08. The second-order valence-electron chi connectivity index (χ2n) is 3.22. The van der Waals surface area contributed by atoms with Crippen molar-refractivity contribution in [2.24, 2.45) is 0 Å². The minimum Gasteiger partial charge on any atom is -0.299 e. The fourth-order valence-electron chi connectivity index (χ4n) is 1.27. The molecule has 1 atom stereocenters. The lowest BCUT2D eigenvalue weighted by atomic mass is 9.95.